The van der Waals surface area contributed by atoms with Crippen LogP contribution in [0.1, 0.15) is 0 Å². The molecule has 1 atom stereocenters. The number of methoxy groups -OCH3 is 1. The van der Waals surface area contributed by atoms with Gasteiger partial charge in [0, 0.05) is 18.9 Å². The Bertz CT molecular complexity index is 449. The highest BCUT2D eigenvalue weighted by Crippen LogP contribution is 2.22. The largest absolute Gasteiger partial charge is 0.432 e. The highest BCUT2D eigenvalue weighted by atomic mass is 35.5. The third kappa shape index (κ3) is 5.64. The Hall–Kier alpha value is -1.51. The van der Waals surface area contributed by atoms with Gasteiger partial charge in [-0.2, -0.15) is 8.78 Å². The van der Waals surface area contributed by atoms with E-state index in [1.165, 1.54) is 13.2 Å². The fourth-order valence-corrected chi connectivity index (χ4v) is 1.26. The molecule has 0 spiro atoms. The molecule has 0 aliphatic rings. The van der Waals surface area contributed by atoms with Gasteiger partial charge in [0.15, 0.2) is 11.6 Å². The van der Waals surface area contributed by atoms with Crippen LogP contribution < -0.4 is 15.8 Å². The second-order valence-corrected chi connectivity index (χ2v) is 3.57. The molecule has 20 heavy (non-hydrogen) atoms. The van der Waals surface area contributed by atoms with Crippen LogP contribution in [0.4, 0.5) is 18.9 Å². The van der Waals surface area contributed by atoms with Crippen LogP contribution in [0.5, 0.6) is 5.75 Å². The van der Waals surface area contributed by atoms with Crippen molar-refractivity contribution in [3.63, 3.8) is 0 Å². The van der Waals surface area contributed by atoms with Crippen molar-refractivity contribution in [1.82, 2.24) is 0 Å². The normalized spacial score (nSPS) is 11.7. The predicted octanol–water partition coefficient (Wildman–Crippen LogP) is 1.76. The van der Waals surface area contributed by atoms with Crippen LogP contribution in [0.2, 0.25) is 0 Å². The van der Waals surface area contributed by atoms with Gasteiger partial charge in [0.2, 0.25) is 5.91 Å². The van der Waals surface area contributed by atoms with Crippen LogP contribution in [0.3, 0.4) is 0 Å². The molecule has 9 heteroatoms. The molecule has 0 aliphatic carbocycles. The lowest BCUT2D eigenvalue weighted by atomic mass is 10.2. The Morgan fingerprint density at radius 2 is 2.10 bits per heavy atom. The van der Waals surface area contributed by atoms with Crippen LogP contribution in [-0.2, 0) is 9.53 Å². The number of benzene rings is 1. The standard InChI is InChI=1S/C11H13F3N2O3.ClH/c1-18-5-8(15)10(17)16-6-2-3-9(7(12)4-6)19-11(13)14;/h2-4,8,11H,5,15H2,1H3,(H,16,17);1H. The molecule has 0 bridgehead atoms. The number of rotatable bonds is 6. The zero-order chi connectivity index (χ0) is 14.4. The third-order valence-electron chi connectivity index (χ3n) is 2.10. The van der Waals surface area contributed by atoms with Crippen LogP contribution >= 0.6 is 12.4 Å². The Kier molecular flexibility index (Phi) is 7.97. The number of nitrogens with one attached hydrogen (secondary N) is 1. The number of nitrogens with two attached hydrogens (primary N) is 1. The van der Waals surface area contributed by atoms with E-state index < -0.39 is 30.1 Å². The van der Waals surface area contributed by atoms with Gasteiger partial charge in [-0.15, -0.1) is 12.4 Å². The Morgan fingerprint density at radius 1 is 1.45 bits per heavy atom. The van der Waals surface area contributed by atoms with Crippen LogP contribution in [0.15, 0.2) is 18.2 Å². The van der Waals surface area contributed by atoms with Gasteiger partial charge >= 0.3 is 6.61 Å². The first-order chi connectivity index (χ1) is 8.93. The number of carbonyl (C=O) groups excluding carboxylic acids is 1. The minimum atomic E-state index is -3.12. The Balaban J connectivity index is 0.00000361. The lowest BCUT2D eigenvalue weighted by molar-refractivity contribution is -0.118. The summed E-state index contributed by atoms with van der Waals surface area (Å²) in [6.45, 7) is -3.12. The van der Waals surface area contributed by atoms with Crippen LogP contribution in [0, 0.1) is 5.82 Å². The summed E-state index contributed by atoms with van der Waals surface area (Å²) in [5, 5.41) is 2.32. The molecular formula is C11H14ClF3N2O3. The lowest BCUT2D eigenvalue weighted by Gasteiger charge is -2.12. The van der Waals surface area contributed by atoms with E-state index in [-0.39, 0.29) is 24.7 Å². The first-order valence-corrected chi connectivity index (χ1v) is 5.23. The van der Waals surface area contributed by atoms with E-state index in [9.17, 15) is 18.0 Å². The fraction of sp³-hybridized carbons (Fsp3) is 0.364. The van der Waals surface area contributed by atoms with Crippen LogP contribution in [-0.4, -0.2) is 32.3 Å². The van der Waals surface area contributed by atoms with Crippen molar-refractivity contribution in [2.24, 2.45) is 5.73 Å². The molecule has 0 heterocycles. The Labute approximate surface area is 119 Å². The average molecular weight is 315 g/mol. The molecule has 0 saturated carbocycles. The fourth-order valence-electron chi connectivity index (χ4n) is 1.26. The van der Waals surface area contributed by atoms with Gasteiger partial charge < -0.3 is 20.5 Å². The van der Waals surface area contributed by atoms with Crippen molar-refractivity contribution in [1.29, 1.82) is 0 Å². The summed E-state index contributed by atoms with van der Waals surface area (Å²) in [5.41, 5.74) is 5.53. The third-order valence-corrected chi connectivity index (χ3v) is 2.10. The maximum atomic E-state index is 13.3. The number of carbonyl (C=O) groups is 1. The van der Waals surface area contributed by atoms with Gasteiger partial charge in [0.05, 0.1) is 6.61 Å². The minimum Gasteiger partial charge on any atom is -0.432 e. The predicted molar refractivity (Wildman–Crippen MR) is 68.8 cm³/mol. The number of anilines is 1. The summed E-state index contributed by atoms with van der Waals surface area (Å²) in [7, 11) is 1.38. The summed E-state index contributed by atoms with van der Waals surface area (Å²) in [6.07, 6.45) is 0. The molecule has 5 nitrogen and oxygen atoms in total. The number of ether oxygens (including phenoxy) is 2. The zero-order valence-corrected chi connectivity index (χ0v) is 11.3. The molecule has 1 unspecified atom stereocenters. The summed E-state index contributed by atoms with van der Waals surface area (Å²) >= 11 is 0. The number of halogens is 4. The second-order valence-electron chi connectivity index (χ2n) is 3.57. The van der Waals surface area contributed by atoms with Gasteiger partial charge in [-0.3, -0.25) is 4.79 Å². The molecule has 0 aromatic heterocycles. The molecule has 1 aromatic rings. The number of amides is 1. The van der Waals surface area contributed by atoms with Crippen LogP contribution in [0.25, 0.3) is 0 Å². The zero-order valence-electron chi connectivity index (χ0n) is 10.4. The average Bonchev–Trinajstić information content (AvgIpc) is 2.32. The number of alkyl halides is 2. The van der Waals surface area contributed by atoms with Crippen molar-refractivity contribution < 1.29 is 27.4 Å². The molecule has 114 valence electrons. The van der Waals surface area contributed by atoms with Gasteiger partial charge in [0.25, 0.3) is 0 Å². The molecule has 0 saturated heterocycles. The maximum Gasteiger partial charge on any atom is 0.387 e. The van der Waals surface area contributed by atoms with Gasteiger partial charge in [0.1, 0.15) is 6.04 Å². The highest BCUT2D eigenvalue weighted by molar-refractivity contribution is 5.94. The van der Waals surface area contributed by atoms with Gasteiger partial charge in [-0.1, -0.05) is 0 Å². The summed E-state index contributed by atoms with van der Waals surface area (Å²) in [5.74, 6) is -2.20. The summed E-state index contributed by atoms with van der Waals surface area (Å²) in [6, 6.07) is 2.15. The molecule has 0 fully saturated rings. The topological polar surface area (TPSA) is 73.6 Å². The second kappa shape index (κ2) is 8.62. The molecule has 1 aromatic carbocycles. The van der Waals surface area contributed by atoms with Crippen molar-refractivity contribution >= 4 is 24.0 Å². The molecule has 0 aliphatic heterocycles. The quantitative estimate of drug-likeness (QED) is 0.839. The first-order valence-electron chi connectivity index (χ1n) is 5.23. The molecule has 3 N–H and O–H groups in total. The maximum absolute atomic E-state index is 13.3. The summed E-state index contributed by atoms with van der Waals surface area (Å²) in [4.78, 5) is 11.5. The van der Waals surface area contributed by atoms with Crippen molar-refractivity contribution in [3.05, 3.63) is 24.0 Å². The van der Waals surface area contributed by atoms with Crippen molar-refractivity contribution in [2.45, 2.75) is 12.7 Å². The number of hydrogen-bond donors (Lipinski definition) is 2. The molecule has 0 radical (unpaired) electrons. The Morgan fingerprint density at radius 3 is 2.60 bits per heavy atom. The van der Waals surface area contributed by atoms with Crippen molar-refractivity contribution in [3.8, 4) is 5.75 Å². The summed E-state index contributed by atoms with van der Waals surface area (Å²) < 4.78 is 45.8. The van der Waals surface area contributed by atoms with Gasteiger partial charge in [-0.25, -0.2) is 4.39 Å². The van der Waals surface area contributed by atoms with E-state index in [2.05, 4.69) is 14.8 Å². The highest BCUT2D eigenvalue weighted by Gasteiger charge is 2.15. The smallest absolute Gasteiger partial charge is 0.387 e. The van der Waals surface area contributed by atoms with E-state index in [0.717, 1.165) is 12.1 Å². The molecular weight excluding hydrogens is 301 g/mol. The first kappa shape index (κ1) is 18.5. The van der Waals surface area contributed by atoms with E-state index in [1.54, 1.807) is 0 Å². The number of hydrogen-bond acceptors (Lipinski definition) is 4. The molecule has 1 amide bonds. The van der Waals surface area contributed by atoms with Gasteiger partial charge in [-0.05, 0) is 12.1 Å². The van der Waals surface area contributed by atoms with E-state index in [1.807, 2.05) is 0 Å². The molecule has 1 rings (SSSR count). The van der Waals surface area contributed by atoms with Crippen molar-refractivity contribution in [2.75, 3.05) is 19.0 Å². The van der Waals surface area contributed by atoms with E-state index in [0.29, 0.717) is 0 Å². The minimum absolute atomic E-state index is 0. The van der Waals surface area contributed by atoms with E-state index >= 15 is 0 Å². The SMILES string of the molecule is COCC(N)C(=O)Nc1ccc(OC(F)F)c(F)c1.Cl. The lowest BCUT2D eigenvalue weighted by Crippen LogP contribution is -2.39. The van der Waals surface area contributed by atoms with E-state index in [4.69, 9.17) is 5.73 Å². The monoisotopic (exact) mass is 314 g/mol.